The number of carboxylic acid groups (broad SMARTS) is 1. The Bertz CT molecular complexity index is 512. The second-order valence-corrected chi connectivity index (χ2v) is 4.39. The molecule has 0 bridgehead atoms. The van der Waals surface area contributed by atoms with Gasteiger partial charge in [0, 0.05) is 23.7 Å². The molecule has 1 amide bonds. The number of carbonyl (C=O) groups excluding carboxylic acids is 1. The van der Waals surface area contributed by atoms with Gasteiger partial charge in [-0.3, -0.25) is 19.7 Å². The van der Waals surface area contributed by atoms with Crippen LogP contribution in [-0.4, -0.2) is 39.4 Å². The van der Waals surface area contributed by atoms with E-state index in [1.165, 1.54) is 29.2 Å². The summed E-state index contributed by atoms with van der Waals surface area (Å²) in [7, 11) is 0. The summed E-state index contributed by atoms with van der Waals surface area (Å²) in [6.45, 7) is 3.21. The number of hydrogen-bond acceptors (Lipinski definition) is 4. The van der Waals surface area contributed by atoms with Gasteiger partial charge in [0.05, 0.1) is 4.92 Å². The van der Waals surface area contributed by atoms with Crippen molar-refractivity contribution in [3.05, 3.63) is 39.9 Å². The first kappa shape index (κ1) is 15.6. The summed E-state index contributed by atoms with van der Waals surface area (Å²) in [5.41, 5.74) is 0.118. The monoisotopic (exact) mass is 280 g/mol. The summed E-state index contributed by atoms with van der Waals surface area (Å²) in [6.07, 6.45) is 0.617. The Kier molecular flexibility index (Phi) is 5.19. The second kappa shape index (κ2) is 6.65. The van der Waals surface area contributed by atoms with Gasteiger partial charge in [-0.05, 0) is 25.5 Å². The first-order valence-corrected chi connectivity index (χ1v) is 6.14. The number of nitro benzene ring substituents is 1. The molecular weight excluding hydrogens is 264 g/mol. The molecule has 0 aliphatic carbocycles. The lowest BCUT2D eigenvalue weighted by molar-refractivity contribution is -0.384. The largest absolute Gasteiger partial charge is 0.480 e. The highest BCUT2D eigenvalue weighted by Gasteiger charge is 2.23. The summed E-state index contributed by atoms with van der Waals surface area (Å²) in [6, 6.07) is 4.88. The Labute approximate surface area is 116 Å². The summed E-state index contributed by atoms with van der Waals surface area (Å²) in [4.78, 5) is 34.3. The molecule has 0 aliphatic heterocycles. The van der Waals surface area contributed by atoms with E-state index in [1.54, 1.807) is 6.92 Å². The molecule has 20 heavy (non-hydrogen) atoms. The highest BCUT2D eigenvalue weighted by molar-refractivity contribution is 5.96. The maximum absolute atomic E-state index is 12.3. The van der Waals surface area contributed by atoms with Gasteiger partial charge in [0.1, 0.15) is 6.54 Å². The number of rotatable bonds is 6. The minimum Gasteiger partial charge on any atom is -0.480 e. The van der Waals surface area contributed by atoms with E-state index in [9.17, 15) is 19.7 Å². The van der Waals surface area contributed by atoms with E-state index in [-0.39, 0.29) is 17.3 Å². The summed E-state index contributed by atoms with van der Waals surface area (Å²) in [5.74, 6) is -1.54. The molecule has 0 radical (unpaired) electrons. The van der Waals surface area contributed by atoms with Crippen LogP contribution in [0.15, 0.2) is 24.3 Å². The van der Waals surface area contributed by atoms with Crippen LogP contribution in [0.1, 0.15) is 30.6 Å². The standard InChI is InChI=1S/C13H16N2O5/c1-3-9(2)14(8-12(16)17)13(18)10-4-6-11(7-5-10)15(19)20/h4-7,9H,3,8H2,1-2H3,(H,16,17). The molecule has 0 fully saturated rings. The third-order valence-electron chi connectivity index (χ3n) is 3.01. The van der Waals surface area contributed by atoms with Crippen LogP contribution in [0, 0.1) is 10.1 Å². The Morgan fingerprint density at radius 1 is 1.35 bits per heavy atom. The number of amides is 1. The fourth-order valence-electron chi connectivity index (χ4n) is 1.69. The van der Waals surface area contributed by atoms with Crippen LogP contribution < -0.4 is 0 Å². The third kappa shape index (κ3) is 3.78. The minimum absolute atomic E-state index is 0.116. The summed E-state index contributed by atoms with van der Waals surface area (Å²) < 4.78 is 0. The number of nitro groups is 1. The molecule has 0 aliphatic rings. The lowest BCUT2D eigenvalue weighted by atomic mass is 10.1. The predicted octanol–water partition coefficient (Wildman–Crippen LogP) is 1.92. The molecular formula is C13H16N2O5. The lowest BCUT2D eigenvalue weighted by Gasteiger charge is -2.26. The Balaban J connectivity index is 2.99. The number of nitrogens with zero attached hydrogens (tertiary/aromatic N) is 2. The first-order valence-electron chi connectivity index (χ1n) is 6.14. The Hall–Kier alpha value is -2.44. The maximum atomic E-state index is 12.3. The zero-order valence-corrected chi connectivity index (χ0v) is 11.3. The lowest BCUT2D eigenvalue weighted by Crippen LogP contribution is -2.41. The number of carbonyl (C=O) groups is 2. The van der Waals surface area contributed by atoms with Crippen molar-refractivity contribution in [1.29, 1.82) is 0 Å². The molecule has 108 valence electrons. The van der Waals surface area contributed by atoms with Gasteiger partial charge in [-0.2, -0.15) is 0 Å². The SMILES string of the molecule is CCC(C)N(CC(=O)O)C(=O)c1ccc([N+](=O)[O-])cc1. The van der Waals surface area contributed by atoms with E-state index in [2.05, 4.69) is 0 Å². The molecule has 0 saturated carbocycles. The van der Waals surface area contributed by atoms with Gasteiger partial charge in [-0.1, -0.05) is 6.92 Å². The van der Waals surface area contributed by atoms with Crippen LogP contribution >= 0.6 is 0 Å². The number of non-ortho nitro benzene ring substituents is 1. The maximum Gasteiger partial charge on any atom is 0.323 e. The zero-order chi connectivity index (χ0) is 15.3. The molecule has 1 atom stereocenters. The van der Waals surface area contributed by atoms with Gasteiger partial charge in [0.25, 0.3) is 11.6 Å². The minimum atomic E-state index is -1.10. The van der Waals surface area contributed by atoms with Crippen LogP contribution in [0.25, 0.3) is 0 Å². The van der Waals surface area contributed by atoms with Crippen LogP contribution in [0.3, 0.4) is 0 Å². The molecule has 1 rings (SSSR count). The topological polar surface area (TPSA) is 101 Å². The van der Waals surface area contributed by atoms with Crippen molar-refractivity contribution in [1.82, 2.24) is 4.90 Å². The van der Waals surface area contributed by atoms with E-state index in [4.69, 9.17) is 5.11 Å². The number of aliphatic carboxylic acids is 1. The quantitative estimate of drug-likeness (QED) is 0.633. The van der Waals surface area contributed by atoms with Crippen molar-refractivity contribution in [3.8, 4) is 0 Å². The zero-order valence-electron chi connectivity index (χ0n) is 11.3. The second-order valence-electron chi connectivity index (χ2n) is 4.39. The van der Waals surface area contributed by atoms with Crippen molar-refractivity contribution in [2.24, 2.45) is 0 Å². The number of carboxylic acids is 1. The molecule has 1 aromatic carbocycles. The Morgan fingerprint density at radius 3 is 2.30 bits per heavy atom. The summed E-state index contributed by atoms with van der Waals surface area (Å²) in [5, 5.41) is 19.4. The van der Waals surface area contributed by atoms with Gasteiger partial charge in [0.2, 0.25) is 0 Å². The van der Waals surface area contributed by atoms with E-state index >= 15 is 0 Å². The smallest absolute Gasteiger partial charge is 0.323 e. The molecule has 1 aromatic rings. The Morgan fingerprint density at radius 2 is 1.90 bits per heavy atom. The average Bonchev–Trinajstić information content (AvgIpc) is 2.43. The van der Waals surface area contributed by atoms with Gasteiger partial charge in [-0.25, -0.2) is 0 Å². The normalized spacial score (nSPS) is 11.7. The fraction of sp³-hybridized carbons (Fsp3) is 0.385. The van der Waals surface area contributed by atoms with Crippen molar-refractivity contribution in [3.63, 3.8) is 0 Å². The van der Waals surface area contributed by atoms with E-state index in [0.717, 1.165) is 0 Å². The highest BCUT2D eigenvalue weighted by atomic mass is 16.6. The number of hydrogen-bond donors (Lipinski definition) is 1. The van der Waals surface area contributed by atoms with Gasteiger partial charge in [-0.15, -0.1) is 0 Å². The highest BCUT2D eigenvalue weighted by Crippen LogP contribution is 2.15. The molecule has 1 N–H and O–H groups in total. The van der Waals surface area contributed by atoms with E-state index in [0.29, 0.717) is 6.42 Å². The molecule has 0 heterocycles. The predicted molar refractivity (Wildman–Crippen MR) is 71.5 cm³/mol. The van der Waals surface area contributed by atoms with Crippen molar-refractivity contribution in [2.75, 3.05) is 6.54 Å². The van der Waals surface area contributed by atoms with Crippen LogP contribution in [-0.2, 0) is 4.79 Å². The number of benzene rings is 1. The van der Waals surface area contributed by atoms with Gasteiger partial charge < -0.3 is 10.0 Å². The molecule has 0 saturated heterocycles. The van der Waals surface area contributed by atoms with Crippen LogP contribution in [0.4, 0.5) is 5.69 Å². The van der Waals surface area contributed by atoms with Crippen LogP contribution in [0.2, 0.25) is 0 Å². The average molecular weight is 280 g/mol. The molecule has 1 unspecified atom stereocenters. The third-order valence-corrected chi connectivity index (χ3v) is 3.01. The summed E-state index contributed by atoms with van der Waals surface area (Å²) >= 11 is 0. The van der Waals surface area contributed by atoms with E-state index < -0.39 is 23.3 Å². The van der Waals surface area contributed by atoms with Crippen molar-refractivity contribution >= 4 is 17.6 Å². The molecule has 7 nitrogen and oxygen atoms in total. The molecule has 0 aromatic heterocycles. The van der Waals surface area contributed by atoms with E-state index in [1.807, 2.05) is 6.92 Å². The van der Waals surface area contributed by atoms with Crippen LogP contribution in [0.5, 0.6) is 0 Å². The molecule has 0 spiro atoms. The fourth-order valence-corrected chi connectivity index (χ4v) is 1.69. The van der Waals surface area contributed by atoms with Crippen molar-refractivity contribution in [2.45, 2.75) is 26.3 Å². The molecule has 7 heteroatoms. The first-order chi connectivity index (χ1) is 9.36. The van der Waals surface area contributed by atoms with Crippen molar-refractivity contribution < 1.29 is 19.6 Å². The van der Waals surface area contributed by atoms with Gasteiger partial charge >= 0.3 is 5.97 Å². The van der Waals surface area contributed by atoms with Gasteiger partial charge in [0.15, 0.2) is 0 Å².